The van der Waals surface area contributed by atoms with Crippen LogP contribution in [0.3, 0.4) is 0 Å². The Morgan fingerprint density at radius 1 is 1.15 bits per heavy atom. The Hall–Kier alpha value is -3.88. The van der Waals surface area contributed by atoms with Crippen LogP contribution in [0.5, 0.6) is 0 Å². The lowest BCUT2D eigenvalue weighted by Gasteiger charge is -2.23. The molecule has 5 rings (SSSR count). The van der Waals surface area contributed by atoms with Crippen LogP contribution in [0.25, 0.3) is 22.1 Å². The number of nitrogens with zero attached hydrogens (tertiary/aromatic N) is 6. The summed E-state index contributed by atoms with van der Waals surface area (Å²) in [5, 5.41) is 15.7. The Kier molecular flexibility index (Phi) is 5.93. The third-order valence-electron chi connectivity index (χ3n) is 6.02. The summed E-state index contributed by atoms with van der Waals surface area (Å²) in [6.07, 6.45) is 8.44. The quantitative estimate of drug-likeness (QED) is 0.175. The largest absolute Gasteiger partial charge is 0.382 e. The SMILES string of the molecule is CN=N/N=C(\N)c1cnc2c(c1)[nH]c1nc(Cc3ccccc3)nc(NC3CCCCC3)c12. The van der Waals surface area contributed by atoms with Gasteiger partial charge in [0.25, 0.3) is 0 Å². The smallest absolute Gasteiger partial charge is 0.156 e. The van der Waals surface area contributed by atoms with Gasteiger partial charge in [-0.15, -0.1) is 5.10 Å². The van der Waals surface area contributed by atoms with Crippen LogP contribution in [0.15, 0.2) is 58.0 Å². The molecule has 0 unspecified atom stereocenters. The molecule has 0 aliphatic heterocycles. The molecule has 3 heterocycles. The van der Waals surface area contributed by atoms with Gasteiger partial charge in [-0.2, -0.15) is 5.11 Å². The molecule has 1 aliphatic carbocycles. The van der Waals surface area contributed by atoms with Crippen molar-refractivity contribution in [2.24, 2.45) is 21.2 Å². The Morgan fingerprint density at radius 2 is 1.97 bits per heavy atom. The van der Waals surface area contributed by atoms with Crippen molar-refractivity contribution in [3.05, 3.63) is 59.5 Å². The van der Waals surface area contributed by atoms with Gasteiger partial charge in [0.15, 0.2) is 5.84 Å². The van der Waals surface area contributed by atoms with E-state index >= 15 is 0 Å². The van der Waals surface area contributed by atoms with E-state index in [1.807, 2.05) is 24.3 Å². The molecule has 9 heteroatoms. The second-order valence-electron chi connectivity index (χ2n) is 8.37. The number of H-pyrrole nitrogens is 1. The van der Waals surface area contributed by atoms with Crippen molar-refractivity contribution >= 4 is 33.7 Å². The first-order valence-electron chi connectivity index (χ1n) is 11.3. The number of aromatic amines is 1. The molecule has 1 aromatic carbocycles. The van der Waals surface area contributed by atoms with Gasteiger partial charge in [0.1, 0.15) is 22.8 Å². The van der Waals surface area contributed by atoms with Crippen molar-refractivity contribution in [3.8, 4) is 0 Å². The monoisotopic (exact) mass is 441 g/mol. The Bertz CT molecular complexity index is 1320. The maximum Gasteiger partial charge on any atom is 0.156 e. The minimum Gasteiger partial charge on any atom is -0.382 e. The fourth-order valence-corrected chi connectivity index (χ4v) is 4.40. The Balaban J connectivity index is 1.60. The zero-order valence-electron chi connectivity index (χ0n) is 18.6. The van der Waals surface area contributed by atoms with Crippen LogP contribution in [0, 0.1) is 0 Å². The number of fused-ring (bicyclic) bond motifs is 3. The van der Waals surface area contributed by atoms with Crippen LogP contribution in [0.2, 0.25) is 0 Å². The van der Waals surface area contributed by atoms with Crippen LogP contribution in [0.1, 0.15) is 49.1 Å². The highest BCUT2D eigenvalue weighted by Gasteiger charge is 2.20. The normalized spacial score (nSPS) is 15.6. The van der Waals surface area contributed by atoms with Crippen LogP contribution in [0.4, 0.5) is 5.82 Å². The zero-order chi connectivity index (χ0) is 22.6. The van der Waals surface area contributed by atoms with E-state index in [0.29, 0.717) is 18.0 Å². The number of hydrogen-bond donors (Lipinski definition) is 3. The van der Waals surface area contributed by atoms with Crippen molar-refractivity contribution in [3.63, 3.8) is 0 Å². The van der Waals surface area contributed by atoms with Crippen molar-refractivity contribution in [2.45, 2.75) is 44.6 Å². The molecule has 3 aromatic heterocycles. The number of hydrogen-bond acceptors (Lipinski definition) is 6. The third-order valence-corrected chi connectivity index (χ3v) is 6.02. The molecule has 0 amide bonds. The number of anilines is 1. The number of nitrogens with one attached hydrogen (secondary N) is 2. The molecule has 0 atom stereocenters. The van der Waals surface area contributed by atoms with Crippen LogP contribution < -0.4 is 11.1 Å². The highest BCUT2D eigenvalue weighted by atomic mass is 15.4. The molecular weight excluding hydrogens is 414 g/mol. The molecule has 0 spiro atoms. The van der Waals surface area contributed by atoms with E-state index in [4.69, 9.17) is 15.7 Å². The zero-order valence-corrected chi connectivity index (χ0v) is 18.6. The maximum absolute atomic E-state index is 6.03. The average Bonchev–Trinajstić information content (AvgIpc) is 3.21. The summed E-state index contributed by atoms with van der Waals surface area (Å²) in [5.74, 6) is 1.86. The van der Waals surface area contributed by atoms with Gasteiger partial charge in [-0.1, -0.05) is 49.6 Å². The predicted molar refractivity (Wildman–Crippen MR) is 130 cm³/mol. The van der Waals surface area contributed by atoms with E-state index in [2.05, 4.69) is 42.9 Å². The third kappa shape index (κ3) is 4.52. The van der Waals surface area contributed by atoms with E-state index in [1.54, 1.807) is 13.2 Å². The lowest BCUT2D eigenvalue weighted by Crippen LogP contribution is -2.23. The Morgan fingerprint density at radius 3 is 2.76 bits per heavy atom. The first kappa shape index (κ1) is 21.0. The summed E-state index contributed by atoms with van der Waals surface area (Å²) < 4.78 is 0. The molecule has 168 valence electrons. The average molecular weight is 442 g/mol. The van der Waals surface area contributed by atoms with Gasteiger partial charge in [0, 0.05) is 24.2 Å². The molecule has 1 saturated carbocycles. The number of aromatic nitrogens is 4. The number of rotatable bonds is 6. The van der Waals surface area contributed by atoms with Crippen molar-refractivity contribution in [2.75, 3.05) is 12.4 Å². The second-order valence-corrected chi connectivity index (χ2v) is 8.37. The van der Waals surface area contributed by atoms with Gasteiger partial charge in [0.05, 0.1) is 18.0 Å². The predicted octanol–water partition coefficient (Wildman–Crippen LogP) is 4.54. The van der Waals surface area contributed by atoms with Gasteiger partial charge in [-0.05, 0) is 29.7 Å². The van der Waals surface area contributed by atoms with Gasteiger partial charge in [0.2, 0.25) is 0 Å². The molecule has 0 saturated heterocycles. The summed E-state index contributed by atoms with van der Waals surface area (Å²) >= 11 is 0. The van der Waals surface area contributed by atoms with Gasteiger partial charge < -0.3 is 16.0 Å². The molecule has 0 radical (unpaired) electrons. The summed E-state index contributed by atoms with van der Waals surface area (Å²) in [7, 11) is 1.54. The summed E-state index contributed by atoms with van der Waals surface area (Å²) in [6.45, 7) is 0. The summed E-state index contributed by atoms with van der Waals surface area (Å²) in [5.41, 5.74) is 10.3. The van der Waals surface area contributed by atoms with E-state index in [-0.39, 0.29) is 5.84 Å². The molecule has 1 aliphatic rings. The van der Waals surface area contributed by atoms with Crippen molar-refractivity contribution in [1.29, 1.82) is 0 Å². The van der Waals surface area contributed by atoms with Crippen molar-refractivity contribution < 1.29 is 0 Å². The number of amidine groups is 1. The van der Waals surface area contributed by atoms with Crippen LogP contribution in [-0.2, 0) is 6.42 Å². The highest BCUT2D eigenvalue weighted by molar-refractivity contribution is 6.10. The topological polar surface area (TPSA) is 130 Å². The minimum atomic E-state index is 0.255. The molecule has 4 N–H and O–H groups in total. The van der Waals surface area contributed by atoms with Gasteiger partial charge >= 0.3 is 0 Å². The number of benzene rings is 1. The molecular formula is C24H27N9. The fourth-order valence-electron chi connectivity index (χ4n) is 4.40. The van der Waals surface area contributed by atoms with Crippen LogP contribution in [-0.4, -0.2) is 38.9 Å². The highest BCUT2D eigenvalue weighted by Crippen LogP contribution is 2.31. The van der Waals surface area contributed by atoms with Gasteiger partial charge in [-0.3, -0.25) is 4.98 Å². The molecule has 4 aromatic rings. The standard InChI is InChI=1S/C24H27N9/c1-26-33-32-22(25)16-13-18-21(27-14-16)20-23(28-17-10-6-3-7-11-17)30-19(31-24(20)29-18)12-15-8-4-2-5-9-15/h2,4-5,8-9,13-14,17H,3,6-7,10-12H2,1H3,(H2,25,26,32)(H2,28,29,30,31). The molecule has 33 heavy (non-hydrogen) atoms. The molecule has 1 fully saturated rings. The lowest BCUT2D eigenvalue weighted by molar-refractivity contribution is 0.462. The first-order chi connectivity index (χ1) is 16.2. The number of pyridine rings is 1. The van der Waals surface area contributed by atoms with Crippen LogP contribution >= 0.6 is 0 Å². The minimum absolute atomic E-state index is 0.255. The maximum atomic E-state index is 6.03. The molecule has 9 nitrogen and oxygen atoms in total. The molecule has 0 bridgehead atoms. The first-order valence-corrected chi connectivity index (χ1v) is 11.3. The number of nitrogens with two attached hydrogens (primary N) is 1. The Labute approximate surface area is 191 Å². The fraction of sp³-hybridized carbons (Fsp3) is 0.333. The summed E-state index contributed by atoms with van der Waals surface area (Å²) in [6, 6.07) is 12.6. The van der Waals surface area contributed by atoms with Gasteiger partial charge in [-0.25, -0.2) is 9.97 Å². The van der Waals surface area contributed by atoms with Crippen molar-refractivity contribution in [1.82, 2.24) is 19.9 Å². The lowest BCUT2D eigenvalue weighted by atomic mass is 9.95. The van der Waals surface area contributed by atoms with E-state index in [0.717, 1.165) is 46.6 Å². The van der Waals surface area contributed by atoms with E-state index in [1.165, 1.54) is 24.8 Å². The van der Waals surface area contributed by atoms with E-state index < -0.39 is 0 Å². The van der Waals surface area contributed by atoms with E-state index in [9.17, 15) is 0 Å². The summed E-state index contributed by atoms with van der Waals surface area (Å²) in [4.78, 5) is 17.9. The second kappa shape index (κ2) is 9.32.